The number of H-pyrrole nitrogens is 1. The van der Waals surface area contributed by atoms with Gasteiger partial charge in [0.15, 0.2) is 5.16 Å². The summed E-state index contributed by atoms with van der Waals surface area (Å²) in [6.07, 6.45) is 2.61. The molecule has 0 spiro atoms. The van der Waals surface area contributed by atoms with Crippen LogP contribution in [0, 0.1) is 0 Å². The maximum atomic E-state index is 6.34. The molecule has 102 valence electrons. The molecule has 1 unspecified atom stereocenters. The minimum Gasteiger partial charge on any atom is -0.310 e. The lowest BCUT2D eigenvalue weighted by atomic mass is 10.1. The first kappa shape index (κ1) is 14.4. The lowest BCUT2D eigenvalue weighted by Crippen LogP contribution is -2.19. The molecule has 6 heteroatoms. The van der Waals surface area contributed by atoms with E-state index in [2.05, 4.69) is 46.5 Å². The van der Waals surface area contributed by atoms with Crippen molar-refractivity contribution in [2.45, 2.75) is 36.4 Å². The number of aromatic nitrogens is 3. The van der Waals surface area contributed by atoms with E-state index in [-0.39, 0.29) is 6.04 Å². The van der Waals surface area contributed by atoms with E-state index < -0.39 is 0 Å². The van der Waals surface area contributed by atoms with Gasteiger partial charge < -0.3 is 5.32 Å². The fourth-order valence-corrected chi connectivity index (χ4v) is 2.89. The number of benzene rings is 1. The zero-order chi connectivity index (χ0) is 13.7. The second-order valence-electron chi connectivity index (χ2n) is 4.25. The van der Waals surface area contributed by atoms with Crippen molar-refractivity contribution in [2.24, 2.45) is 0 Å². The SMILES string of the molecule is CCCNC(C)c1ccc(Sc2ncn[nH]2)cc1Cl. The van der Waals surface area contributed by atoms with Gasteiger partial charge in [-0.2, -0.15) is 5.10 Å². The van der Waals surface area contributed by atoms with E-state index in [1.54, 1.807) is 0 Å². The Labute approximate surface area is 122 Å². The monoisotopic (exact) mass is 296 g/mol. The van der Waals surface area contributed by atoms with Crippen molar-refractivity contribution in [3.05, 3.63) is 35.1 Å². The van der Waals surface area contributed by atoms with Crippen LogP contribution in [0.25, 0.3) is 0 Å². The highest BCUT2D eigenvalue weighted by Crippen LogP contribution is 2.30. The summed E-state index contributed by atoms with van der Waals surface area (Å²) in [6.45, 7) is 5.27. The summed E-state index contributed by atoms with van der Waals surface area (Å²) in [5, 5.41) is 11.6. The lowest BCUT2D eigenvalue weighted by Gasteiger charge is -2.15. The molecule has 0 aliphatic heterocycles. The number of hydrogen-bond acceptors (Lipinski definition) is 4. The highest BCUT2D eigenvalue weighted by Gasteiger charge is 2.10. The molecule has 0 radical (unpaired) electrons. The number of aromatic amines is 1. The molecular weight excluding hydrogens is 280 g/mol. The topological polar surface area (TPSA) is 53.6 Å². The molecule has 1 atom stereocenters. The molecular formula is C13H17ClN4S. The van der Waals surface area contributed by atoms with E-state index in [4.69, 9.17) is 11.6 Å². The van der Waals surface area contributed by atoms with Crippen molar-refractivity contribution >= 4 is 23.4 Å². The largest absolute Gasteiger partial charge is 0.310 e. The number of nitrogens with one attached hydrogen (secondary N) is 2. The quantitative estimate of drug-likeness (QED) is 0.854. The van der Waals surface area contributed by atoms with E-state index in [0.29, 0.717) is 0 Å². The first-order valence-electron chi connectivity index (χ1n) is 6.26. The van der Waals surface area contributed by atoms with Gasteiger partial charge in [0, 0.05) is 16.0 Å². The minimum atomic E-state index is 0.261. The summed E-state index contributed by atoms with van der Waals surface area (Å²) in [4.78, 5) is 5.13. The molecule has 0 amide bonds. The average molecular weight is 297 g/mol. The van der Waals surface area contributed by atoms with Gasteiger partial charge in [-0.1, -0.05) is 36.4 Å². The zero-order valence-corrected chi connectivity index (χ0v) is 12.6. The van der Waals surface area contributed by atoms with E-state index in [1.807, 2.05) is 6.07 Å². The molecule has 0 fully saturated rings. The van der Waals surface area contributed by atoms with Crippen LogP contribution in [-0.2, 0) is 0 Å². The van der Waals surface area contributed by atoms with E-state index in [9.17, 15) is 0 Å². The zero-order valence-electron chi connectivity index (χ0n) is 11.0. The number of hydrogen-bond donors (Lipinski definition) is 2. The fourth-order valence-electron chi connectivity index (χ4n) is 1.75. The Morgan fingerprint density at radius 3 is 2.95 bits per heavy atom. The summed E-state index contributed by atoms with van der Waals surface area (Å²) in [5.41, 5.74) is 1.12. The highest BCUT2D eigenvalue weighted by molar-refractivity contribution is 7.99. The van der Waals surface area contributed by atoms with Crippen molar-refractivity contribution in [3.63, 3.8) is 0 Å². The van der Waals surface area contributed by atoms with Crippen LogP contribution in [0.5, 0.6) is 0 Å². The molecule has 0 saturated carbocycles. The van der Waals surface area contributed by atoms with Crippen LogP contribution in [0.1, 0.15) is 31.9 Å². The summed E-state index contributed by atoms with van der Waals surface area (Å²) in [5.74, 6) is 0. The Hall–Kier alpha value is -1.04. The molecule has 2 N–H and O–H groups in total. The van der Waals surface area contributed by atoms with Gasteiger partial charge in [-0.3, -0.25) is 5.10 Å². The van der Waals surface area contributed by atoms with Crippen LogP contribution in [0.2, 0.25) is 5.02 Å². The van der Waals surface area contributed by atoms with Crippen LogP contribution < -0.4 is 5.32 Å². The third-order valence-corrected chi connectivity index (χ3v) is 3.95. The normalized spacial score (nSPS) is 12.6. The lowest BCUT2D eigenvalue weighted by molar-refractivity contribution is 0.570. The Kier molecular flexibility index (Phi) is 5.24. The van der Waals surface area contributed by atoms with E-state index in [1.165, 1.54) is 18.1 Å². The first-order chi connectivity index (χ1) is 9.20. The standard InChI is InChI=1S/C13H17ClN4S/c1-3-6-15-9(2)11-5-4-10(7-12(11)14)19-13-16-8-17-18-13/h4-5,7-9,15H,3,6H2,1-2H3,(H,16,17,18). The molecule has 0 aliphatic rings. The van der Waals surface area contributed by atoms with Crippen LogP contribution in [0.3, 0.4) is 0 Å². The summed E-state index contributed by atoms with van der Waals surface area (Å²) in [6, 6.07) is 6.35. The summed E-state index contributed by atoms with van der Waals surface area (Å²) < 4.78 is 0. The second kappa shape index (κ2) is 6.93. The van der Waals surface area contributed by atoms with Crippen LogP contribution in [0.15, 0.2) is 34.6 Å². The maximum absolute atomic E-state index is 6.34. The molecule has 1 aromatic carbocycles. The fraction of sp³-hybridized carbons (Fsp3) is 0.385. The predicted octanol–water partition coefficient (Wildman–Crippen LogP) is 3.67. The second-order valence-corrected chi connectivity index (χ2v) is 5.72. The minimum absolute atomic E-state index is 0.261. The molecule has 19 heavy (non-hydrogen) atoms. The Morgan fingerprint density at radius 2 is 2.32 bits per heavy atom. The van der Waals surface area contributed by atoms with Gasteiger partial charge in [-0.05, 0) is 37.6 Å². The summed E-state index contributed by atoms with van der Waals surface area (Å²) in [7, 11) is 0. The number of rotatable bonds is 6. The van der Waals surface area contributed by atoms with Gasteiger partial charge in [0.05, 0.1) is 0 Å². The molecule has 4 nitrogen and oxygen atoms in total. The molecule has 2 aromatic rings. The maximum Gasteiger partial charge on any atom is 0.188 e. The molecule has 1 heterocycles. The van der Waals surface area contributed by atoms with Crippen molar-refractivity contribution in [1.82, 2.24) is 20.5 Å². The predicted molar refractivity (Wildman–Crippen MR) is 78.7 cm³/mol. The van der Waals surface area contributed by atoms with Crippen molar-refractivity contribution in [3.8, 4) is 0 Å². The van der Waals surface area contributed by atoms with Gasteiger partial charge in [0.25, 0.3) is 0 Å². The molecule has 0 saturated heterocycles. The van der Waals surface area contributed by atoms with Gasteiger partial charge in [-0.25, -0.2) is 4.98 Å². The average Bonchev–Trinajstić information content (AvgIpc) is 2.89. The van der Waals surface area contributed by atoms with Gasteiger partial charge >= 0.3 is 0 Å². The van der Waals surface area contributed by atoms with Gasteiger partial charge in [0.2, 0.25) is 0 Å². The summed E-state index contributed by atoms with van der Waals surface area (Å²) >= 11 is 7.86. The van der Waals surface area contributed by atoms with Crippen LogP contribution in [0.4, 0.5) is 0 Å². The van der Waals surface area contributed by atoms with Gasteiger partial charge in [-0.15, -0.1) is 0 Å². The molecule has 0 aliphatic carbocycles. The van der Waals surface area contributed by atoms with Crippen LogP contribution >= 0.6 is 23.4 Å². The number of halogens is 1. The highest BCUT2D eigenvalue weighted by atomic mass is 35.5. The Balaban J connectivity index is 2.08. The smallest absolute Gasteiger partial charge is 0.188 e. The van der Waals surface area contributed by atoms with Crippen molar-refractivity contribution in [2.75, 3.05) is 6.54 Å². The Bertz CT molecular complexity index is 515. The third kappa shape index (κ3) is 3.96. The van der Waals surface area contributed by atoms with E-state index >= 15 is 0 Å². The molecule has 1 aromatic heterocycles. The third-order valence-electron chi connectivity index (χ3n) is 2.75. The van der Waals surface area contributed by atoms with Crippen molar-refractivity contribution < 1.29 is 0 Å². The van der Waals surface area contributed by atoms with Gasteiger partial charge in [0.1, 0.15) is 6.33 Å². The first-order valence-corrected chi connectivity index (χ1v) is 7.46. The number of nitrogens with zero attached hydrogens (tertiary/aromatic N) is 2. The van der Waals surface area contributed by atoms with Crippen molar-refractivity contribution in [1.29, 1.82) is 0 Å². The molecule has 0 bridgehead atoms. The van der Waals surface area contributed by atoms with Crippen LogP contribution in [-0.4, -0.2) is 21.7 Å². The van der Waals surface area contributed by atoms with E-state index in [0.717, 1.165) is 33.6 Å². The molecule has 2 rings (SSSR count). The Morgan fingerprint density at radius 1 is 1.47 bits per heavy atom.